The van der Waals surface area contributed by atoms with Gasteiger partial charge in [-0.3, -0.25) is 24.1 Å². The molecule has 4 rings (SSSR count). The van der Waals surface area contributed by atoms with Crippen molar-refractivity contribution in [2.45, 2.75) is 31.7 Å². The number of rotatable bonds is 8. The van der Waals surface area contributed by atoms with Gasteiger partial charge in [-0.25, -0.2) is 0 Å². The van der Waals surface area contributed by atoms with Gasteiger partial charge in [0, 0.05) is 42.1 Å². The zero-order chi connectivity index (χ0) is 25.8. The average molecular weight is 558 g/mol. The molecule has 0 atom stereocenters. The summed E-state index contributed by atoms with van der Waals surface area (Å²) in [5.74, 6) is 0.181. The lowest BCUT2D eigenvalue weighted by molar-refractivity contribution is -0.132. The molecule has 0 bridgehead atoms. The van der Waals surface area contributed by atoms with Gasteiger partial charge in [-0.05, 0) is 55.7 Å². The van der Waals surface area contributed by atoms with E-state index in [0.717, 1.165) is 4.47 Å². The molecule has 2 heterocycles. The Morgan fingerprint density at radius 3 is 2.36 bits per heavy atom. The molecule has 4 amide bonds. The SMILES string of the molecule is COc1ccc(C(=O)NC2CCN(C(=O)CCCN3C(=O)c4ccc(Br)cc4C3=O)CC2)cc1OC. The topological polar surface area (TPSA) is 105 Å². The molecule has 0 aliphatic carbocycles. The summed E-state index contributed by atoms with van der Waals surface area (Å²) < 4.78 is 11.2. The van der Waals surface area contributed by atoms with Crippen LogP contribution in [0.15, 0.2) is 40.9 Å². The lowest BCUT2D eigenvalue weighted by Crippen LogP contribution is -2.46. The summed E-state index contributed by atoms with van der Waals surface area (Å²) in [6, 6.07) is 10.00. The maximum Gasteiger partial charge on any atom is 0.261 e. The van der Waals surface area contributed by atoms with Crippen molar-refractivity contribution < 1.29 is 28.7 Å². The maximum absolute atomic E-state index is 12.7. The Kier molecular flexibility index (Phi) is 7.93. The molecule has 0 aromatic heterocycles. The van der Waals surface area contributed by atoms with Crippen LogP contribution in [0.25, 0.3) is 0 Å². The van der Waals surface area contributed by atoms with Gasteiger partial charge in [0.15, 0.2) is 11.5 Å². The normalized spacial score (nSPS) is 15.6. The van der Waals surface area contributed by atoms with E-state index >= 15 is 0 Å². The zero-order valence-corrected chi connectivity index (χ0v) is 21.8. The van der Waals surface area contributed by atoms with Crippen LogP contribution in [-0.2, 0) is 4.79 Å². The van der Waals surface area contributed by atoms with Crippen molar-refractivity contribution in [1.29, 1.82) is 0 Å². The second kappa shape index (κ2) is 11.1. The minimum Gasteiger partial charge on any atom is -0.493 e. The van der Waals surface area contributed by atoms with Gasteiger partial charge in [0.05, 0.1) is 25.3 Å². The van der Waals surface area contributed by atoms with Gasteiger partial charge >= 0.3 is 0 Å². The van der Waals surface area contributed by atoms with Crippen LogP contribution in [0.1, 0.15) is 56.8 Å². The van der Waals surface area contributed by atoms with Crippen LogP contribution in [-0.4, -0.2) is 73.3 Å². The van der Waals surface area contributed by atoms with Crippen molar-refractivity contribution in [3.63, 3.8) is 0 Å². The van der Waals surface area contributed by atoms with E-state index in [0.29, 0.717) is 60.5 Å². The number of fused-ring (bicyclic) bond motifs is 1. The van der Waals surface area contributed by atoms with Crippen LogP contribution >= 0.6 is 15.9 Å². The van der Waals surface area contributed by atoms with E-state index in [1.165, 1.54) is 19.1 Å². The summed E-state index contributed by atoms with van der Waals surface area (Å²) in [5.41, 5.74) is 1.26. The highest BCUT2D eigenvalue weighted by atomic mass is 79.9. The van der Waals surface area contributed by atoms with Crippen molar-refractivity contribution in [3.8, 4) is 11.5 Å². The van der Waals surface area contributed by atoms with E-state index < -0.39 is 0 Å². The molecule has 10 heteroatoms. The van der Waals surface area contributed by atoms with Crippen molar-refractivity contribution in [1.82, 2.24) is 15.1 Å². The molecular formula is C26H28BrN3O6. The molecule has 0 unspecified atom stereocenters. The number of hydrogen-bond donors (Lipinski definition) is 1. The number of halogens is 1. The number of nitrogens with one attached hydrogen (secondary N) is 1. The molecule has 1 N–H and O–H groups in total. The molecule has 9 nitrogen and oxygen atoms in total. The van der Waals surface area contributed by atoms with Crippen LogP contribution < -0.4 is 14.8 Å². The Bertz CT molecular complexity index is 1190. The number of hydrogen-bond acceptors (Lipinski definition) is 6. The molecule has 0 saturated carbocycles. The summed E-state index contributed by atoms with van der Waals surface area (Å²) in [6.07, 6.45) is 1.96. The van der Waals surface area contributed by atoms with Crippen LogP contribution in [0, 0.1) is 0 Å². The van der Waals surface area contributed by atoms with Crippen molar-refractivity contribution in [2.75, 3.05) is 33.9 Å². The molecule has 0 spiro atoms. The molecule has 1 saturated heterocycles. The number of amides is 4. The lowest BCUT2D eigenvalue weighted by atomic mass is 10.0. The Morgan fingerprint density at radius 2 is 1.67 bits per heavy atom. The molecule has 2 aromatic carbocycles. The Morgan fingerprint density at radius 1 is 0.972 bits per heavy atom. The monoisotopic (exact) mass is 557 g/mol. The number of imide groups is 1. The fourth-order valence-electron chi connectivity index (χ4n) is 4.53. The number of likely N-dealkylation sites (tertiary alicyclic amines) is 1. The van der Waals surface area contributed by atoms with Gasteiger partial charge < -0.3 is 19.7 Å². The van der Waals surface area contributed by atoms with Crippen molar-refractivity contribution in [3.05, 3.63) is 57.6 Å². The molecule has 190 valence electrons. The molecule has 2 aromatic rings. The van der Waals surface area contributed by atoms with E-state index in [1.54, 1.807) is 41.3 Å². The number of nitrogens with zero attached hydrogens (tertiary/aromatic N) is 2. The van der Waals surface area contributed by atoms with Gasteiger partial charge in [0.2, 0.25) is 5.91 Å². The van der Waals surface area contributed by atoms with Gasteiger partial charge in [-0.1, -0.05) is 15.9 Å². The fourth-order valence-corrected chi connectivity index (χ4v) is 4.89. The van der Waals surface area contributed by atoms with Gasteiger partial charge in [-0.2, -0.15) is 0 Å². The number of piperidine rings is 1. The van der Waals surface area contributed by atoms with Gasteiger partial charge in [-0.15, -0.1) is 0 Å². The quantitative estimate of drug-likeness (QED) is 0.499. The smallest absolute Gasteiger partial charge is 0.261 e. The molecule has 0 radical (unpaired) electrons. The first kappa shape index (κ1) is 25.7. The average Bonchev–Trinajstić information content (AvgIpc) is 3.12. The third kappa shape index (κ3) is 5.38. The van der Waals surface area contributed by atoms with E-state index in [-0.39, 0.29) is 42.6 Å². The standard InChI is InChI=1S/C26H28BrN3O6/c1-35-21-8-5-16(14-22(21)36-2)24(32)28-18-9-12-29(13-10-18)23(31)4-3-11-30-25(33)19-7-6-17(27)15-20(19)26(30)34/h5-8,14-15,18H,3-4,9-13H2,1-2H3,(H,28,32). The maximum atomic E-state index is 12.7. The van der Waals surface area contributed by atoms with Gasteiger partial charge in [0.25, 0.3) is 17.7 Å². The number of carbonyl (C=O) groups is 4. The molecule has 36 heavy (non-hydrogen) atoms. The minimum absolute atomic E-state index is 0.0148. The van der Waals surface area contributed by atoms with E-state index in [4.69, 9.17) is 9.47 Å². The number of benzene rings is 2. The number of methoxy groups -OCH3 is 2. The van der Waals surface area contributed by atoms with Crippen molar-refractivity contribution >= 4 is 39.6 Å². The highest BCUT2D eigenvalue weighted by molar-refractivity contribution is 9.10. The first-order valence-electron chi connectivity index (χ1n) is 11.8. The summed E-state index contributed by atoms with van der Waals surface area (Å²) in [5, 5.41) is 3.03. The Hall–Kier alpha value is -3.40. The lowest BCUT2D eigenvalue weighted by Gasteiger charge is -2.32. The Balaban J connectivity index is 1.22. The highest BCUT2D eigenvalue weighted by Crippen LogP contribution is 2.28. The predicted molar refractivity (Wildman–Crippen MR) is 135 cm³/mol. The van der Waals surface area contributed by atoms with E-state index in [1.807, 2.05) is 0 Å². The Labute approximate surface area is 217 Å². The van der Waals surface area contributed by atoms with Crippen LogP contribution in [0.3, 0.4) is 0 Å². The largest absolute Gasteiger partial charge is 0.493 e. The third-order valence-corrected chi connectivity index (χ3v) is 7.03. The summed E-state index contributed by atoms with van der Waals surface area (Å²) >= 11 is 3.32. The first-order valence-corrected chi connectivity index (χ1v) is 12.6. The zero-order valence-electron chi connectivity index (χ0n) is 20.2. The van der Waals surface area contributed by atoms with Crippen LogP contribution in [0.2, 0.25) is 0 Å². The minimum atomic E-state index is -0.324. The summed E-state index contributed by atoms with van der Waals surface area (Å²) in [7, 11) is 3.06. The predicted octanol–water partition coefficient (Wildman–Crippen LogP) is 3.26. The molecule has 2 aliphatic rings. The van der Waals surface area contributed by atoms with E-state index in [9.17, 15) is 19.2 Å². The molecular weight excluding hydrogens is 530 g/mol. The molecule has 1 fully saturated rings. The second-order valence-corrected chi connectivity index (χ2v) is 9.67. The van der Waals surface area contributed by atoms with Crippen LogP contribution in [0.5, 0.6) is 11.5 Å². The number of carbonyl (C=O) groups excluding carboxylic acids is 4. The fraction of sp³-hybridized carbons (Fsp3) is 0.385. The number of ether oxygens (including phenoxy) is 2. The highest BCUT2D eigenvalue weighted by Gasteiger charge is 2.35. The van der Waals surface area contributed by atoms with Crippen molar-refractivity contribution in [2.24, 2.45) is 0 Å². The first-order chi connectivity index (χ1) is 17.3. The summed E-state index contributed by atoms with van der Waals surface area (Å²) in [4.78, 5) is 53.5. The van der Waals surface area contributed by atoms with Crippen LogP contribution in [0.4, 0.5) is 0 Å². The molecule has 2 aliphatic heterocycles. The van der Waals surface area contributed by atoms with Gasteiger partial charge in [0.1, 0.15) is 0 Å². The van der Waals surface area contributed by atoms with E-state index in [2.05, 4.69) is 21.2 Å². The third-order valence-electron chi connectivity index (χ3n) is 6.53. The summed E-state index contributed by atoms with van der Waals surface area (Å²) in [6.45, 7) is 1.28. The second-order valence-electron chi connectivity index (χ2n) is 8.75.